The van der Waals surface area contributed by atoms with Gasteiger partial charge in [0.2, 0.25) is 0 Å². The molecule has 1 aromatic heterocycles. The van der Waals surface area contributed by atoms with Gasteiger partial charge in [-0.25, -0.2) is 9.59 Å². The fourth-order valence-electron chi connectivity index (χ4n) is 1.98. The first-order chi connectivity index (χ1) is 10.1. The summed E-state index contributed by atoms with van der Waals surface area (Å²) in [6.45, 7) is 0.278. The molecule has 0 radical (unpaired) electrons. The second-order valence-corrected chi connectivity index (χ2v) is 5.24. The monoisotopic (exact) mass is 305 g/mol. The molecule has 0 aliphatic rings. The molecule has 0 saturated carbocycles. The molecule has 0 aliphatic heterocycles. The van der Waals surface area contributed by atoms with Crippen LogP contribution in [0.4, 0.5) is 0 Å². The van der Waals surface area contributed by atoms with Crippen molar-refractivity contribution in [1.29, 1.82) is 0 Å². The molecule has 0 aliphatic carbocycles. The predicted octanol–water partition coefficient (Wildman–Crippen LogP) is 2.45. The summed E-state index contributed by atoms with van der Waals surface area (Å²) in [6.07, 6.45) is 0. The van der Waals surface area contributed by atoms with Crippen LogP contribution >= 0.6 is 11.3 Å². The number of carbonyl (C=O) groups excluding carboxylic acids is 1. The topological polar surface area (TPSA) is 75.6 Å². The molecule has 6 heteroatoms. The van der Waals surface area contributed by atoms with Crippen molar-refractivity contribution < 1.29 is 19.4 Å². The molecule has 1 heterocycles. The number of hydrogen-bond donors (Lipinski definition) is 2. The fraction of sp³-hybridized carbons (Fsp3) is 0.200. The quantitative estimate of drug-likeness (QED) is 0.802. The number of carbonyl (C=O) groups is 2. The zero-order valence-corrected chi connectivity index (χ0v) is 12.2. The number of benzene rings is 1. The van der Waals surface area contributed by atoms with Gasteiger partial charge in [0, 0.05) is 6.54 Å². The van der Waals surface area contributed by atoms with Crippen LogP contribution in [-0.2, 0) is 16.1 Å². The van der Waals surface area contributed by atoms with E-state index in [1.54, 1.807) is 11.4 Å². The first kappa shape index (κ1) is 15.2. The maximum atomic E-state index is 11.9. The Morgan fingerprint density at radius 3 is 2.62 bits per heavy atom. The van der Waals surface area contributed by atoms with Crippen molar-refractivity contribution in [3.05, 3.63) is 57.8 Å². The van der Waals surface area contributed by atoms with E-state index in [9.17, 15) is 9.59 Å². The van der Waals surface area contributed by atoms with E-state index in [2.05, 4.69) is 5.32 Å². The molecule has 21 heavy (non-hydrogen) atoms. The van der Waals surface area contributed by atoms with E-state index in [4.69, 9.17) is 9.84 Å². The number of carboxylic acids is 1. The number of hydrogen-bond acceptors (Lipinski definition) is 5. The average Bonchev–Trinajstić information content (AvgIpc) is 2.97. The fourth-order valence-corrected chi connectivity index (χ4v) is 2.74. The summed E-state index contributed by atoms with van der Waals surface area (Å²) in [6, 6.07) is 10.3. The number of methoxy groups -OCH3 is 1. The van der Waals surface area contributed by atoms with Crippen molar-refractivity contribution in [1.82, 2.24) is 5.32 Å². The van der Waals surface area contributed by atoms with E-state index in [1.165, 1.54) is 7.11 Å². The maximum Gasteiger partial charge on any atom is 0.346 e. The van der Waals surface area contributed by atoms with E-state index < -0.39 is 18.0 Å². The highest BCUT2D eigenvalue weighted by atomic mass is 32.1. The molecule has 0 bridgehead atoms. The highest BCUT2D eigenvalue weighted by molar-refractivity contribution is 7.12. The van der Waals surface area contributed by atoms with Gasteiger partial charge in [0.05, 0.1) is 7.11 Å². The van der Waals surface area contributed by atoms with Crippen molar-refractivity contribution in [2.45, 2.75) is 12.6 Å². The summed E-state index contributed by atoms with van der Waals surface area (Å²) in [5.41, 5.74) is 1.42. The summed E-state index contributed by atoms with van der Waals surface area (Å²) in [5.74, 6) is -1.37. The number of nitrogens with one attached hydrogen (secondary N) is 1. The Balaban J connectivity index is 2.15. The largest absolute Gasteiger partial charge is 0.477 e. The third-order valence-corrected chi connectivity index (χ3v) is 3.95. The smallest absolute Gasteiger partial charge is 0.346 e. The normalized spacial score (nSPS) is 11.9. The van der Waals surface area contributed by atoms with Crippen molar-refractivity contribution in [2.24, 2.45) is 0 Å². The zero-order valence-electron chi connectivity index (χ0n) is 11.4. The van der Waals surface area contributed by atoms with Crippen LogP contribution in [0.15, 0.2) is 41.8 Å². The molecule has 1 aromatic carbocycles. The lowest BCUT2D eigenvalue weighted by molar-refractivity contribution is -0.143. The average molecular weight is 305 g/mol. The van der Waals surface area contributed by atoms with Gasteiger partial charge in [-0.1, -0.05) is 30.3 Å². The Morgan fingerprint density at radius 1 is 1.29 bits per heavy atom. The van der Waals surface area contributed by atoms with E-state index >= 15 is 0 Å². The highest BCUT2D eigenvalue weighted by Crippen LogP contribution is 2.19. The minimum absolute atomic E-state index is 0.277. The van der Waals surface area contributed by atoms with Gasteiger partial charge in [-0.2, -0.15) is 0 Å². The standard InChI is InChI=1S/C15H15NO4S/c1-20-15(19)12(10-5-3-2-4-6-10)16-9-11-7-8-21-13(11)14(17)18/h2-8,12,16H,9H2,1H3,(H,17,18). The molecule has 0 amide bonds. The van der Waals surface area contributed by atoms with Gasteiger partial charge in [0.15, 0.2) is 0 Å². The number of rotatable bonds is 6. The van der Waals surface area contributed by atoms with Crippen LogP contribution in [0, 0.1) is 0 Å². The van der Waals surface area contributed by atoms with Gasteiger partial charge in [-0.3, -0.25) is 5.32 Å². The number of esters is 1. The second kappa shape index (κ2) is 7.01. The van der Waals surface area contributed by atoms with Gasteiger partial charge < -0.3 is 9.84 Å². The number of thiophene rings is 1. The molecule has 5 nitrogen and oxygen atoms in total. The summed E-state index contributed by atoms with van der Waals surface area (Å²) < 4.78 is 4.80. The van der Waals surface area contributed by atoms with E-state index in [1.807, 2.05) is 30.3 Å². The molecule has 2 N–H and O–H groups in total. The molecule has 2 rings (SSSR count). The first-order valence-corrected chi connectivity index (χ1v) is 7.17. The third kappa shape index (κ3) is 3.68. The summed E-state index contributed by atoms with van der Waals surface area (Å²) >= 11 is 1.16. The third-order valence-electron chi connectivity index (χ3n) is 3.01. The number of ether oxygens (including phenoxy) is 1. The highest BCUT2D eigenvalue weighted by Gasteiger charge is 2.21. The van der Waals surface area contributed by atoms with Gasteiger partial charge >= 0.3 is 11.9 Å². The van der Waals surface area contributed by atoms with E-state index in [0.29, 0.717) is 5.56 Å². The minimum Gasteiger partial charge on any atom is -0.477 e. The second-order valence-electron chi connectivity index (χ2n) is 4.33. The van der Waals surface area contributed by atoms with Crippen LogP contribution in [-0.4, -0.2) is 24.2 Å². The Kier molecular flexibility index (Phi) is 5.08. The summed E-state index contributed by atoms with van der Waals surface area (Å²) in [7, 11) is 1.33. The Labute approximate surface area is 126 Å². The Hall–Kier alpha value is -2.18. The molecule has 2 aromatic rings. The maximum absolute atomic E-state index is 11.9. The molecular weight excluding hydrogens is 290 g/mol. The number of carboxylic acid groups (broad SMARTS) is 1. The van der Waals surface area contributed by atoms with Crippen LogP contribution < -0.4 is 5.32 Å². The molecule has 0 saturated heterocycles. The van der Waals surface area contributed by atoms with E-state index in [0.717, 1.165) is 16.9 Å². The van der Waals surface area contributed by atoms with E-state index in [-0.39, 0.29) is 11.4 Å². The first-order valence-electron chi connectivity index (χ1n) is 6.29. The van der Waals surface area contributed by atoms with Crippen LogP contribution in [0.3, 0.4) is 0 Å². The molecule has 1 unspecified atom stereocenters. The predicted molar refractivity (Wildman–Crippen MR) is 79.3 cm³/mol. The number of aromatic carboxylic acids is 1. The SMILES string of the molecule is COC(=O)C(NCc1ccsc1C(=O)O)c1ccccc1. The van der Waals surface area contributed by atoms with Crippen LogP contribution in [0.5, 0.6) is 0 Å². The lowest BCUT2D eigenvalue weighted by Crippen LogP contribution is -2.29. The van der Waals surface area contributed by atoms with Gasteiger partial charge in [0.25, 0.3) is 0 Å². The molecule has 1 atom stereocenters. The minimum atomic E-state index is -0.962. The lowest BCUT2D eigenvalue weighted by atomic mass is 10.1. The van der Waals surface area contributed by atoms with Gasteiger partial charge in [-0.15, -0.1) is 11.3 Å². The van der Waals surface area contributed by atoms with Crippen molar-refractivity contribution in [3.8, 4) is 0 Å². The summed E-state index contributed by atoms with van der Waals surface area (Å²) in [5, 5.41) is 13.9. The van der Waals surface area contributed by atoms with Crippen molar-refractivity contribution in [3.63, 3.8) is 0 Å². The van der Waals surface area contributed by atoms with Crippen LogP contribution in [0.25, 0.3) is 0 Å². The lowest BCUT2D eigenvalue weighted by Gasteiger charge is -2.16. The van der Waals surface area contributed by atoms with Crippen molar-refractivity contribution in [2.75, 3.05) is 7.11 Å². The van der Waals surface area contributed by atoms with Gasteiger partial charge in [0.1, 0.15) is 10.9 Å². The molecule has 0 fully saturated rings. The van der Waals surface area contributed by atoms with Crippen LogP contribution in [0.1, 0.15) is 26.8 Å². The van der Waals surface area contributed by atoms with Crippen molar-refractivity contribution >= 4 is 23.3 Å². The van der Waals surface area contributed by atoms with Gasteiger partial charge in [-0.05, 0) is 22.6 Å². The van der Waals surface area contributed by atoms with Crippen LogP contribution in [0.2, 0.25) is 0 Å². The summed E-state index contributed by atoms with van der Waals surface area (Å²) in [4.78, 5) is 23.2. The molecule has 0 spiro atoms. The Bertz CT molecular complexity index is 624. The Morgan fingerprint density at radius 2 is 2.00 bits per heavy atom. The molecule has 110 valence electrons. The molecular formula is C15H15NO4S. The zero-order chi connectivity index (χ0) is 15.2.